The van der Waals surface area contributed by atoms with Gasteiger partial charge in [-0.05, 0) is 33.1 Å². The lowest BCUT2D eigenvalue weighted by Gasteiger charge is -2.59. The molecule has 20 heavy (non-hydrogen) atoms. The first-order valence-electron chi connectivity index (χ1n) is 7.55. The van der Waals surface area contributed by atoms with E-state index in [0.29, 0.717) is 6.04 Å². The molecule has 1 saturated heterocycles. The number of aliphatic imine (C=N–C) groups is 1. The van der Waals surface area contributed by atoms with Crippen LogP contribution >= 0.6 is 24.0 Å². The van der Waals surface area contributed by atoms with Crippen molar-refractivity contribution in [3.63, 3.8) is 0 Å². The second-order valence-electron chi connectivity index (χ2n) is 6.55. The lowest BCUT2D eigenvalue weighted by atomic mass is 9.56. The van der Waals surface area contributed by atoms with Gasteiger partial charge < -0.3 is 15.0 Å². The van der Waals surface area contributed by atoms with E-state index in [4.69, 9.17) is 4.74 Å². The largest absolute Gasteiger partial charge is 0.378 e. The lowest BCUT2D eigenvalue weighted by molar-refractivity contribution is -0.176. The molecule has 0 radical (unpaired) electrons. The van der Waals surface area contributed by atoms with Gasteiger partial charge in [0.2, 0.25) is 0 Å². The van der Waals surface area contributed by atoms with E-state index in [-0.39, 0.29) is 35.0 Å². The van der Waals surface area contributed by atoms with E-state index in [9.17, 15) is 0 Å². The van der Waals surface area contributed by atoms with Crippen molar-refractivity contribution in [2.75, 3.05) is 26.7 Å². The van der Waals surface area contributed by atoms with Gasteiger partial charge in [0.05, 0.1) is 5.60 Å². The van der Waals surface area contributed by atoms with Gasteiger partial charge in [-0.25, -0.2) is 0 Å². The average molecular weight is 395 g/mol. The number of guanidine groups is 1. The molecule has 4 nitrogen and oxygen atoms in total. The Morgan fingerprint density at radius 3 is 2.35 bits per heavy atom. The van der Waals surface area contributed by atoms with Crippen molar-refractivity contribution >= 4 is 29.9 Å². The highest BCUT2D eigenvalue weighted by molar-refractivity contribution is 14.0. The van der Waals surface area contributed by atoms with E-state index < -0.39 is 0 Å². The van der Waals surface area contributed by atoms with Crippen molar-refractivity contribution in [2.24, 2.45) is 10.4 Å². The average Bonchev–Trinajstić information content (AvgIpc) is 2.90. The van der Waals surface area contributed by atoms with Crippen LogP contribution in [0.2, 0.25) is 0 Å². The zero-order valence-corrected chi connectivity index (χ0v) is 15.9. The maximum Gasteiger partial charge on any atom is 0.194 e. The standard InChI is InChI=1S/C15H29N3O.HI/c1-6-16-13(18-9-7-8-10-18)17-12-11-15(4,19-5)14(12,2)3;/h12H,6-11H2,1-5H3,(H,16,17);1H. The second kappa shape index (κ2) is 6.81. The van der Waals surface area contributed by atoms with Gasteiger partial charge in [0.15, 0.2) is 5.96 Å². The van der Waals surface area contributed by atoms with Crippen molar-refractivity contribution in [3.05, 3.63) is 0 Å². The minimum Gasteiger partial charge on any atom is -0.378 e. The van der Waals surface area contributed by atoms with Crippen molar-refractivity contribution in [1.29, 1.82) is 0 Å². The van der Waals surface area contributed by atoms with E-state index >= 15 is 0 Å². The number of methoxy groups -OCH3 is 1. The molecule has 1 heterocycles. The minimum atomic E-state index is -0.0208. The van der Waals surface area contributed by atoms with Crippen LogP contribution in [0.25, 0.3) is 0 Å². The Labute approximate surface area is 140 Å². The molecular weight excluding hydrogens is 365 g/mol. The highest BCUT2D eigenvalue weighted by Crippen LogP contribution is 2.51. The van der Waals surface area contributed by atoms with E-state index in [1.807, 2.05) is 7.11 Å². The fourth-order valence-corrected chi connectivity index (χ4v) is 3.19. The zero-order chi connectivity index (χ0) is 14.1. The summed E-state index contributed by atoms with van der Waals surface area (Å²) in [5, 5.41) is 3.67. The SMILES string of the molecule is CCN=C(NC1CC(C)(OC)C1(C)C)N1CCCC1.I. The lowest BCUT2D eigenvalue weighted by Crippen LogP contribution is -2.69. The van der Waals surface area contributed by atoms with Gasteiger partial charge in [0, 0.05) is 38.2 Å². The van der Waals surface area contributed by atoms with Crippen LogP contribution in [0.4, 0.5) is 0 Å². The maximum atomic E-state index is 5.69. The molecule has 2 aliphatic rings. The summed E-state index contributed by atoms with van der Waals surface area (Å²) in [6.45, 7) is 12.0. The van der Waals surface area contributed by atoms with E-state index in [1.165, 1.54) is 12.8 Å². The van der Waals surface area contributed by atoms with Gasteiger partial charge in [0.25, 0.3) is 0 Å². The van der Waals surface area contributed by atoms with Crippen LogP contribution in [0.3, 0.4) is 0 Å². The number of likely N-dealkylation sites (tertiary alicyclic amines) is 1. The summed E-state index contributed by atoms with van der Waals surface area (Å²) in [4.78, 5) is 7.05. The zero-order valence-electron chi connectivity index (χ0n) is 13.5. The third kappa shape index (κ3) is 3.08. The van der Waals surface area contributed by atoms with Gasteiger partial charge in [-0.2, -0.15) is 0 Å². The van der Waals surface area contributed by atoms with Crippen molar-refractivity contribution in [3.8, 4) is 0 Å². The Morgan fingerprint density at radius 1 is 1.30 bits per heavy atom. The van der Waals surface area contributed by atoms with Crippen LogP contribution in [0.1, 0.15) is 47.0 Å². The highest BCUT2D eigenvalue weighted by atomic mass is 127. The molecule has 1 N–H and O–H groups in total. The maximum absolute atomic E-state index is 5.69. The molecule has 1 aliphatic carbocycles. The Morgan fingerprint density at radius 2 is 1.90 bits per heavy atom. The van der Waals surface area contributed by atoms with E-state index in [2.05, 4.69) is 42.9 Å². The number of rotatable bonds is 3. The molecule has 2 rings (SSSR count). The number of nitrogens with one attached hydrogen (secondary N) is 1. The summed E-state index contributed by atoms with van der Waals surface area (Å²) in [5.41, 5.74) is 0.114. The smallest absolute Gasteiger partial charge is 0.194 e. The van der Waals surface area contributed by atoms with Gasteiger partial charge in [-0.15, -0.1) is 24.0 Å². The third-order valence-electron chi connectivity index (χ3n) is 5.30. The van der Waals surface area contributed by atoms with Crippen LogP contribution < -0.4 is 5.32 Å². The molecule has 0 aromatic carbocycles. The normalized spacial score (nSPS) is 32.5. The van der Waals surface area contributed by atoms with Crippen LogP contribution in [-0.4, -0.2) is 49.2 Å². The van der Waals surface area contributed by atoms with Crippen LogP contribution in [0, 0.1) is 5.41 Å². The van der Waals surface area contributed by atoms with Gasteiger partial charge in [-0.1, -0.05) is 13.8 Å². The van der Waals surface area contributed by atoms with E-state index in [1.54, 1.807) is 0 Å². The number of nitrogens with zero attached hydrogens (tertiary/aromatic N) is 2. The molecule has 2 atom stereocenters. The Balaban J connectivity index is 0.00000200. The molecule has 0 aromatic heterocycles. The molecule has 0 amide bonds. The van der Waals surface area contributed by atoms with Crippen molar-refractivity contribution < 1.29 is 4.74 Å². The summed E-state index contributed by atoms with van der Waals surface area (Å²) >= 11 is 0. The number of ether oxygens (including phenoxy) is 1. The topological polar surface area (TPSA) is 36.9 Å². The molecule has 1 aliphatic heterocycles. The summed E-state index contributed by atoms with van der Waals surface area (Å²) in [6.07, 6.45) is 3.62. The minimum absolute atomic E-state index is 0. The number of hydrogen-bond donors (Lipinski definition) is 1. The van der Waals surface area contributed by atoms with Gasteiger partial charge >= 0.3 is 0 Å². The van der Waals surface area contributed by atoms with Crippen molar-refractivity contribution in [1.82, 2.24) is 10.2 Å². The highest BCUT2D eigenvalue weighted by Gasteiger charge is 2.58. The second-order valence-corrected chi connectivity index (χ2v) is 6.55. The predicted molar refractivity (Wildman–Crippen MR) is 94.9 cm³/mol. The molecule has 0 spiro atoms. The van der Waals surface area contributed by atoms with Gasteiger partial charge in [-0.3, -0.25) is 4.99 Å². The summed E-state index contributed by atoms with van der Waals surface area (Å²) < 4.78 is 5.69. The summed E-state index contributed by atoms with van der Waals surface area (Å²) in [5.74, 6) is 1.09. The molecule has 0 aromatic rings. The Hall–Kier alpha value is -0.0400. The fourth-order valence-electron chi connectivity index (χ4n) is 3.19. The summed E-state index contributed by atoms with van der Waals surface area (Å²) in [6, 6.07) is 0.448. The first-order valence-corrected chi connectivity index (χ1v) is 7.55. The van der Waals surface area contributed by atoms with Crippen molar-refractivity contribution in [2.45, 2.75) is 58.6 Å². The molecule has 118 valence electrons. The predicted octanol–water partition coefficient (Wildman–Crippen LogP) is 2.87. The molecule has 2 fully saturated rings. The molecular formula is C15H30IN3O. The van der Waals surface area contributed by atoms with Crippen LogP contribution in [0.5, 0.6) is 0 Å². The number of hydrogen-bond acceptors (Lipinski definition) is 2. The van der Waals surface area contributed by atoms with E-state index in [0.717, 1.165) is 32.0 Å². The number of halogens is 1. The fraction of sp³-hybridized carbons (Fsp3) is 0.933. The molecule has 2 unspecified atom stereocenters. The quantitative estimate of drug-likeness (QED) is 0.454. The van der Waals surface area contributed by atoms with Gasteiger partial charge in [0.1, 0.15) is 0 Å². The third-order valence-corrected chi connectivity index (χ3v) is 5.30. The van der Waals surface area contributed by atoms with Crippen LogP contribution in [-0.2, 0) is 4.74 Å². The molecule has 0 bridgehead atoms. The first-order chi connectivity index (χ1) is 8.94. The molecule has 1 saturated carbocycles. The Kier molecular flexibility index (Phi) is 6.14. The Bertz CT molecular complexity index is 353. The summed E-state index contributed by atoms with van der Waals surface area (Å²) in [7, 11) is 1.82. The van der Waals surface area contributed by atoms with Crippen LogP contribution in [0.15, 0.2) is 4.99 Å². The molecule has 5 heteroatoms. The first kappa shape index (κ1) is 18.0. The monoisotopic (exact) mass is 395 g/mol.